The highest BCUT2D eigenvalue weighted by atomic mass is 35.5. The standard InChI is InChI=1S/C10H16ClNS2/c1-8(6-13-2)4-12-5-10-3-9(11)7-14-10/h3,7-8,12H,4-6H2,1-2H3. The van der Waals surface area contributed by atoms with Crippen molar-refractivity contribution in [3.05, 3.63) is 21.3 Å². The molecule has 0 aliphatic rings. The molecular formula is C10H16ClNS2. The van der Waals surface area contributed by atoms with E-state index in [2.05, 4.69) is 18.5 Å². The summed E-state index contributed by atoms with van der Waals surface area (Å²) in [7, 11) is 0. The third kappa shape index (κ3) is 4.69. The van der Waals surface area contributed by atoms with E-state index >= 15 is 0 Å². The third-order valence-corrected chi connectivity index (χ3v) is 4.05. The van der Waals surface area contributed by atoms with Crippen LogP contribution in [-0.4, -0.2) is 18.6 Å². The first-order valence-corrected chi connectivity index (χ1v) is 7.30. The second-order valence-electron chi connectivity index (χ2n) is 3.42. The predicted molar refractivity (Wildman–Crippen MR) is 68.6 cm³/mol. The molecular weight excluding hydrogens is 234 g/mol. The molecule has 1 unspecified atom stereocenters. The van der Waals surface area contributed by atoms with Gasteiger partial charge in [-0.2, -0.15) is 11.8 Å². The largest absolute Gasteiger partial charge is 0.312 e. The van der Waals surface area contributed by atoms with Crippen molar-refractivity contribution in [1.29, 1.82) is 0 Å². The molecule has 0 saturated heterocycles. The summed E-state index contributed by atoms with van der Waals surface area (Å²) in [6.07, 6.45) is 2.15. The topological polar surface area (TPSA) is 12.0 Å². The molecule has 0 aromatic carbocycles. The van der Waals surface area contributed by atoms with E-state index in [0.717, 1.165) is 24.0 Å². The van der Waals surface area contributed by atoms with E-state index in [4.69, 9.17) is 11.6 Å². The van der Waals surface area contributed by atoms with Gasteiger partial charge in [0.05, 0.1) is 5.02 Å². The lowest BCUT2D eigenvalue weighted by Gasteiger charge is -2.09. The van der Waals surface area contributed by atoms with Crippen molar-refractivity contribution < 1.29 is 0 Å². The Balaban J connectivity index is 2.15. The summed E-state index contributed by atoms with van der Waals surface area (Å²) in [6.45, 7) is 4.29. The van der Waals surface area contributed by atoms with Crippen LogP contribution in [-0.2, 0) is 6.54 Å². The molecule has 1 aromatic heterocycles. The van der Waals surface area contributed by atoms with Gasteiger partial charge >= 0.3 is 0 Å². The summed E-state index contributed by atoms with van der Waals surface area (Å²) in [5, 5.41) is 6.26. The van der Waals surface area contributed by atoms with E-state index in [1.54, 1.807) is 11.3 Å². The van der Waals surface area contributed by atoms with Crippen LogP contribution in [0.3, 0.4) is 0 Å². The molecule has 1 aromatic rings. The number of halogens is 1. The maximum absolute atomic E-state index is 5.83. The number of hydrogen-bond donors (Lipinski definition) is 1. The van der Waals surface area contributed by atoms with Gasteiger partial charge in [0.15, 0.2) is 0 Å². The van der Waals surface area contributed by atoms with E-state index in [1.165, 1.54) is 10.6 Å². The molecule has 1 heterocycles. The zero-order chi connectivity index (χ0) is 10.4. The van der Waals surface area contributed by atoms with E-state index in [-0.39, 0.29) is 0 Å². The van der Waals surface area contributed by atoms with Crippen LogP contribution in [0.2, 0.25) is 5.02 Å². The van der Waals surface area contributed by atoms with Crippen LogP contribution >= 0.6 is 34.7 Å². The smallest absolute Gasteiger partial charge is 0.0516 e. The molecule has 1 rings (SSSR count). The van der Waals surface area contributed by atoms with Crippen LogP contribution in [0.15, 0.2) is 11.4 Å². The Hall–Kier alpha value is 0.300. The molecule has 1 N–H and O–H groups in total. The van der Waals surface area contributed by atoms with E-state index in [1.807, 2.05) is 23.2 Å². The first-order chi connectivity index (χ1) is 6.72. The summed E-state index contributed by atoms with van der Waals surface area (Å²) in [4.78, 5) is 1.31. The van der Waals surface area contributed by atoms with Gasteiger partial charge < -0.3 is 5.32 Å². The maximum atomic E-state index is 5.83. The molecule has 0 aliphatic carbocycles. The zero-order valence-electron chi connectivity index (χ0n) is 8.55. The number of nitrogens with one attached hydrogen (secondary N) is 1. The van der Waals surface area contributed by atoms with Crippen LogP contribution in [0, 0.1) is 5.92 Å². The summed E-state index contributed by atoms with van der Waals surface area (Å²) in [6, 6.07) is 2.03. The fourth-order valence-corrected chi connectivity index (χ4v) is 2.96. The van der Waals surface area contributed by atoms with Crippen molar-refractivity contribution in [3.63, 3.8) is 0 Å². The lowest BCUT2D eigenvalue weighted by Crippen LogP contribution is -2.21. The highest BCUT2D eigenvalue weighted by molar-refractivity contribution is 7.98. The minimum atomic E-state index is 0.737. The van der Waals surface area contributed by atoms with Crippen LogP contribution in [0.4, 0.5) is 0 Å². The summed E-state index contributed by atoms with van der Waals surface area (Å²) in [5.41, 5.74) is 0. The fraction of sp³-hybridized carbons (Fsp3) is 0.600. The van der Waals surface area contributed by atoms with Crippen molar-refractivity contribution in [2.24, 2.45) is 5.92 Å². The van der Waals surface area contributed by atoms with E-state index in [0.29, 0.717) is 0 Å². The van der Waals surface area contributed by atoms with Crippen LogP contribution in [0.25, 0.3) is 0 Å². The number of rotatable bonds is 6. The average Bonchev–Trinajstić information content (AvgIpc) is 2.52. The van der Waals surface area contributed by atoms with E-state index < -0.39 is 0 Å². The van der Waals surface area contributed by atoms with Crippen molar-refractivity contribution in [3.8, 4) is 0 Å². The Morgan fingerprint density at radius 3 is 3.00 bits per heavy atom. The molecule has 0 aliphatic heterocycles. The number of thiophene rings is 1. The first-order valence-electron chi connectivity index (χ1n) is 4.65. The second kappa shape index (κ2) is 6.72. The Kier molecular flexibility index (Phi) is 5.94. The van der Waals surface area contributed by atoms with Gasteiger partial charge in [-0.15, -0.1) is 11.3 Å². The van der Waals surface area contributed by atoms with Crippen LogP contribution in [0.1, 0.15) is 11.8 Å². The molecule has 4 heteroatoms. The van der Waals surface area contributed by atoms with Crippen molar-refractivity contribution in [1.82, 2.24) is 5.32 Å². The molecule has 1 atom stereocenters. The third-order valence-electron chi connectivity index (χ3n) is 1.86. The summed E-state index contributed by atoms with van der Waals surface area (Å²) >= 11 is 9.45. The van der Waals surface area contributed by atoms with Crippen molar-refractivity contribution >= 4 is 34.7 Å². The maximum Gasteiger partial charge on any atom is 0.0516 e. The van der Waals surface area contributed by atoms with E-state index in [9.17, 15) is 0 Å². The Morgan fingerprint density at radius 1 is 1.64 bits per heavy atom. The lowest BCUT2D eigenvalue weighted by atomic mass is 10.2. The quantitative estimate of drug-likeness (QED) is 0.829. The summed E-state index contributed by atoms with van der Waals surface area (Å²) in [5.74, 6) is 1.96. The normalized spacial score (nSPS) is 13.1. The monoisotopic (exact) mass is 249 g/mol. The van der Waals surface area contributed by atoms with Crippen molar-refractivity contribution in [2.75, 3.05) is 18.6 Å². The van der Waals surface area contributed by atoms with Gasteiger partial charge in [0.1, 0.15) is 0 Å². The molecule has 0 amide bonds. The summed E-state index contributed by atoms with van der Waals surface area (Å²) < 4.78 is 0. The molecule has 1 nitrogen and oxygen atoms in total. The van der Waals surface area contributed by atoms with Gasteiger partial charge in [0.25, 0.3) is 0 Å². The lowest BCUT2D eigenvalue weighted by molar-refractivity contribution is 0.562. The fourth-order valence-electron chi connectivity index (χ4n) is 1.23. The van der Waals surface area contributed by atoms with Gasteiger partial charge in [-0.1, -0.05) is 18.5 Å². The van der Waals surface area contributed by atoms with Gasteiger partial charge in [-0.05, 0) is 30.5 Å². The predicted octanol–water partition coefficient (Wildman–Crippen LogP) is 3.49. The Labute approximate surface area is 99.2 Å². The van der Waals surface area contributed by atoms with Crippen LogP contribution in [0.5, 0.6) is 0 Å². The average molecular weight is 250 g/mol. The van der Waals surface area contributed by atoms with Gasteiger partial charge in [-0.3, -0.25) is 0 Å². The molecule has 0 fully saturated rings. The number of thioether (sulfide) groups is 1. The van der Waals surface area contributed by atoms with Gasteiger partial charge in [-0.25, -0.2) is 0 Å². The molecule has 0 saturated carbocycles. The van der Waals surface area contributed by atoms with Gasteiger partial charge in [0, 0.05) is 16.8 Å². The second-order valence-corrected chi connectivity index (χ2v) is 5.77. The van der Waals surface area contributed by atoms with Crippen molar-refractivity contribution in [2.45, 2.75) is 13.5 Å². The first kappa shape index (κ1) is 12.4. The molecule has 80 valence electrons. The minimum absolute atomic E-state index is 0.737. The highest BCUT2D eigenvalue weighted by Gasteiger charge is 2.01. The number of hydrogen-bond acceptors (Lipinski definition) is 3. The van der Waals surface area contributed by atoms with Gasteiger partial charge in [0.2, 0.25) is 0 Å². The SMILES string of the molecule is CSCC(C)CNCc1cc(Cl)cs1. The molecule has 0 spiro atoms. The minimum Gasteiger partial charge on any atom is -0.312 e. The Morgan fingerprint density at radius 2 is 2.43 bits per heavy atom. The molecule has 0 radical (unpaired) electrons. The molecule has 0 bridgehead atoms. The zero-order valence-corrected chi connectivity index (χ0v) is 10.9. The molecule has 14 heavy (non-hydrogen) atoms. The van der Waals surface area contributed by atoms with Crippen LogP contribution < -0.4 is 5.32 Å². The highest BCUT2D eigenvalue weighted by Crippen LogP contribution is 2.18. The Bertz CT molecular complexity index is 262.